The van der Waals surface area contributed by atoms with Crippen LogP contribution in [0.3, 0.4) is 0 Å². The second-order valence-corrected chi connectivity index (χ2v) is 8.40. The minimum atomic E-state index is -0.157. The van der Waals surface area contributed by atoms with Crippen molar-refractivity contribution in [3.63, 3.8) is 0 Å². The van der Waals surface area contributed by atoms with E-state index in [2.05, 4.69) is 34.9 Å². The summed E-state index contributed by atoms with van der Waals surface area (Å²) in [5.74, 6) is -0.121. The number of carbonyl (C=O) groups excluding carboxylic acids is 1. The van der Waals surface area contributed by atoms with Crippen LogP contribution < -0.4 is 11.0 Å². The van der Waals surface area contributed by atoms with Gasteiger partial charge in [0.05, 0.1) is 0 Å². The number of aromatic nitrogens is 4. The van der Waals surface area contributed by atoms with Gasteiger partial charge in [0.25, 0.3) is 0 Å². The fourth-order valence-corrected chi connectivity index (χ4v) is 4.65. The lowest BCUT2D eigenvalue weighted by Gasteiger charge is -2.26. The van der Waals surface area contributed by atoms with Gasteiger partial charge in [-0.05, 0) is 62.9 Å². The van der Waals surface area contributed by atoms with Crippen LogP contribution in [-0.4, -0.2) is 31.2 Å². The van der Waals surface area contributed by atoms with Crippen molar-refractivity contribution in [1.29, 1.82) is 0 Å². The standard InChI is InChI=1S/C24H31N5O2/c1-18-17-20(19(2)29(18)21-9-4-3-5-10-21)12-13-23(30)25-14-8-16-28-24(31)27-15-7-6-11-22(27)26-28/h6-7,11-13,15,17,21H,3-5,8-10,14,16H2,1-2H3,(H,25,30)/b13-12+. The number of pyridine rings is 1. The molecule has 0 unspecified atom stereocenters. The van der Waals surface area contributed by atoms with Gasteiger partial charge in [-0.1, -0.05) is 25.3 Å². The molecule has 7 nitrogen and oxygen atoms in total. The molecule has 3 heterocycles. The molecule has 1 fully saturated rings. The second-order valence-electron chi connectivity index (χ2n) is 8.40. The Kier molecular flexibility index (Phi) is 6.39. The van der Waals surface area contributed by atoms with Crippen molar-refractivity contribution in [3.8, 4) is 0 Å². The number of hydrogen-bond donors (Lipinski definition) is 1. The monoisotopic (exact) mass is 421 g/mol. The first-order chi connectivity index (χ1) is 15.0. The van der Waals surface area contributed by atoms with E-state index in [0.29, 0.717) is 31.2 Å². The number of carbonyl (C=O) groups is 1. The number of aryl methyl sites for hydroxylation is 2. The second kappa shape index (κ2) is 9.37. The third-order valence-corrected chi connectivity index (χ3v) is 6.21. The summed E-state index contributed by atoms with van der Waals surface area (Å²) in [6.07, 6.45) is 12.3. The Labute approximate surface area is 182 Å². The summed E-state index contributed by atoms with van der Waals surface area (Å²) in [6.45, 7) is 5.25. The first-order valence-electron chi connectivity index (χ1n) is 11.2. The SMILES string of the molecule is Cc1cc(/C=C/C(=O)NCCCn2nc3ccccn3c2=O)c(C)n1C1CCCCC1. The van der Waals surface area contributed by atoms with Gasteiger partial charge >= 0.3 is 5.69 Å². The fourth-order valence-electron chi connectivity index (χ4n) is 4.65. The molecule has 0 atom stereocenters. The Hall–Kier alpha value is -3.09. The average molecular weight is 422 g/mol. The lowest BCUT2D eigenvalue weighted by atomic mass is 9.95. The van der Waals surface area contributed by atoms with Crippen LogP contribution in [0.25, 0.3) is 11.7 Å². The van der Waals surface area contributed by atoms with Gasteiger partial charge in [-0.2, -0.15) is 0 Å². The molecular formula is C24H31N5O2. The van der Waals surface area contributed by atoms with Crippen LogP contribution in [0, 0.1) is 13.8 Å². The van der Waals surface area contributed by atoms with Crippen LogP contribution in [0.5, 0.6) is 0 Å². The Morgan fingerprint density at radius 2 is 2.03 bits per heavy atom. The zero-order valence-electron chi connectivity index (χ0n) is 18.4. The van der Waals surface area contributed by atoms with Gasteiger partial charge in [-0.15, -0.1) is 5.10 Å². The normalized spacial score (nSPS) is 15.2. The van der Waals surface area contributed by atoms with Gasteiger partial charge in [0.15, 0.2) is 5.65 Å². The fraction of sp³-hybridized carbons (Fsp3) is 0.458. The van der Waals surface area contributed by atoms with Crippen LogP contribution in [0.4, 0.5) is 0 Å². The van der Waals surface area contributed by atoms with E-state index in [1.165, 1.54) is 52.6 Å². The summed E-state index contributed by atoms with van der Waals surface area (Å²) in [5.41, 5.74) is 4.08. The third kappa shape index (κ3) is 4.65. The highest BCUT2D eigenvalue weighted by Crippen LogP contribution is 2.32. The molecule has 1 saturated carbocycles. The van der Waals surface area contributed by atoms with E-state index in [1.54, 1.807) is 24.4 Å². The van der Waals surface area contributed by atoms with Crippen LogP contribution in [0.2, 0.25) is 0 Å². The summed E-state index contributed by atoms with van der Waals surface area (Å²) in [5, 5.41) is 7.20. The number of hydrogen-bond acceptors (Lipinski definition) is 3. The quantitative estimate of drug-likeness (QED) is 0.468. The molecular weight excluding hydrogens is 390 g/mol. The summed E-state index contributed by atoms with van der Waals surface area (Å²) in [6, 6.07) is 8.22. The third-order valence-electron chi connectivity index (χ3n) is 6.21. The summed E-state index contributed by atoms with van der Waals surface area (Å²) in [4.78, 5) is 24.5. The summed E-state index contributed by atoms with van der Waals surface area (Å²) >= 11 is 0. The molecule has 1 aliphatic carbocycles. The molecule has 3 aromatic rings. The maximum atomic E-state index is 12.3. The van der Waals surface area contributed by atoms with E-state index in [1.807, 2.05) is 12.1 Å². The Bertz CT molecular complexity index is 1140. The molecule has 1 amide bonds. The maximum Gasteiger partial charge on any atom is 0.350 e. The Morgan fingerprint density at radius 1 is 1.23 bits per heavy atom. The predicted molar refractivity (Wildman–Crippen MR) is 122 cm³/mol. The highest BCUT2D eigenvalue weighted by molar-refractivity contribution is 5.91. The van der Waals surface area contributed by atoms with E-state index >= 15 is 0 Å². The van der Waals surface area contributed by atoms with Gasteiger partial charge in [-0.25, -0.2) is 9.48 Å². The van der Waals surface area contributed by atoms with E-state index < -0.39 is 0 Å². The molecule has 4 rings (SSSR count). The van der Waals surface area contributed by atoms with Crippen LogP contribution in [0.1, 0.15) is 61.5 Å². The van der Waals surface area contributed by atoms with Crippen molar-refractivity contribution in [2.24, 2.45) is 0 Å². The van der Waals surface area contributed by atoms with Crippen LogP contribution in [0.15, 0.2) is 41.3 Å². The van der Waals surface area contributed by atoms with E-state index in [4.69, 9.17) is 0 Å². The van der Waals surface area contributed by atoms with Crippen LogP contribution >= 0.6 is 0 Å². The lowest BCUT2D eigenvalue weighted by Crippen LogP contribution is -2.26. The summed E-state index contributed by atoms with van der Waals surface area (Å²) in [7, 11) is 0. The molecule has 0 bridgehead atoms. The molecule has 1 aliphatic rings. The molecule has 3 aromatic heterocycles. The van der Waals surface area contributed by atoms with Crippen LogP contribution in [-0.2, 0) is 11.3 Å². The zero-order chi connectivity index (χ0) is 21.8. The predicted octanol–water partition coefficient (Wildman–Crippen LogP) is 3.64. The van der Waals surface area contributed by atoms with Crippen molar-refractivity contribution in [2.75, 3.05) is 6.54 Å². The molecule has 0 spiro atoms. The minimum Gasteiger partial charge on any atom is -0.352 e. The van der Waals surface area contributed by atoms with Gasteiger partial charge in [-0.3, -0.25) is 9.20 Å². The first kappa shape index (κ1) is 21.2. The van der Waals surface area contributed by atoms with Crippen molar-refractivity contribution >= 4 is 17.6 Å². The number of amides is 1. The highest BCUT2D eigenvalue weighted by Gasteiger charge is 2.19. The Morgan fingerprint density at radius 3 is 2.81 bits per heavy atom. The average Bonchev–Trinajstić information content (AvgIpc) is 3.25. The maximum absolute atomic E-state index is 12.3. The lowest BCUT2D eigenvalue weighted by molar-refractivity contribution is -0.116. The molecule has 0 aromatic carbocycles. The first-order valence-corrected chi connectivity index (χ1v) is 11.2. The summed E-state index contributed by atoms with van der Waals surface area (Å²) < 4.78 is 5.41. The molecule has 0 saturated heterocycles. The van der Waals surface area contributed by atoms with E-state index in [0.717, 1.165) is 5.56 Å². The minimum absolute atomic E-state index is 0.121. The zero-order valence-corrected chi connectivity index (χ0v) is 18.4. The van der Waals surface area contributed by atoms with Crippen molar-refractivity contribution in [3.05, 3.63) is 64.0 Å². The van der Waals surface area contributed by atoms with Crippen molar-refractivity contribution in [2.45, 2.75) is 65.0 Å². The molecule has 0 radical (unpaired) electrons. The topological polar surface area (TPSA) is 73.3 Å². The number of nitrogens with one attached hydrogen (secondary N) is 1. The Balaban J connectivity index is 1.29. The van der Waals surface area contributed by atoms with Crippen molar-refractivity contribution in [1.82, 2.24) is 24.1 Å². The largest absolute Gasteiger partial charge is 0.352 e. The molecule has 164 valence electrons. The van der Waals surface area contributed by atoms with Gasteiger partial charge in [0.2, 0.25) is 5.91 Å². The molecule has 7 heteroatoms. The van der Waals surface area contributed by atoms with E-state index in [9.17, 15) is 9.59 Å². The van der Waals surface area contributed by atoms with Gasteiger partial charge in [0, 0.05) is 42.8 Å². The van der Waals surface area contributed by atoms with Gasteiger partial charge < -0.3 is 9.88 Å². The number of fused-ring (bicyclic) bond motifs is 1. The molecule has 31 heavy (non-hydrogen) atoms. The highest BCUT2D eigenvalue weighted by atomic mass is 16.2. The van der Waals surface area contributed by atoms with E-state index in [-0.39, 0.29) is 11.6 Å². The van der Waals surface area contributed by atoms with Gasteiger partial charge in [0.1, 0.15) is 0 Å². The number of nitrogens with zero attached hydrogens (tertiary/aromatic N) is 4. The van der Waals surface area contributed by atoms with Crippen molar-refractivity contribution < 1.29 is 4.79 Å². The number of rotatable bonds is 7. The molecule has 1 N–H and O–H groups in total. The molecule has 0 aliphatic heterocycles. The smallest absolute Gasteiger partial charge is 0.350 e.